The van der Waals surface area contributed by atoms with E-state index in [4.69, 9.17) is 0 Å². The van der Waals surface area contributed by atoms with E-state index in [0.29, 0.717) is 0 Å². The van der Waals surface area contributed by atoms with Crippen molar-refractivity contribution in [3.63, 3.8) is 0 Å². The van der Waals surface area contributed by atoms with Crippen molar-refractivity contribution in [2.24, 2.45) is 11.8 Å². The first-order valence-electron chi connectivity index (χ1n) is 7.00. The number of carbonyl (C=O) groups is 1. The van der Waals surface area contributed by atoms with Crippen LogP contribution in [0.4, 0.5) is 0 Å². The van der Waals surface area contributed by atoms with Gasteiger partial charge in [0.25, 0.3) is 0 Å². The molecular weight excluding hydrogens is 244 g/mol. The molecule has 2 rings (SSSR count). The van der Waals surface area contributed by atoms with E-state index in [0.717, 1.165) is 49.5 Å². The molecule has 18 heavy (non-hydrogen) atoms. The Hall–Kier alpha value is -0.690. The molecule has 0 spiro atoms. The van der Waals surface area contributed by atoms with Gasteiger partial charge in [0.2, 0.25) is 5.91 Å². The van der Waals surface area contributed by atoms with Crippen molar-refractivity contribution in [3.05, 3.63) is 0 Å². The largest absolute Gasteiger partial charge is 0.338 e. The van der Waals surface area contributed by atoms with Gasteiger partial charge < -0.3 is 5.32 Å². The highest BCUT2D eigenvalue weighted by Crippen LogP contribution is 2.34. The van der Waals surface area contributed by atoms with Gasteiger partial charge in [-0.2, -0.15) is 17.0 Å². The highest BCUT2D eigenvalue weighted by molar-refractivity contribution is 7.99. The maximum atomic E-state index is 12.2. The Labute approximate surface area is 114 Å². The van der Waals surface area contributed by atoms with Crippen molar-refractivity contribution in [1.29, 1.82) is 5.26 Å². The average molecular weight is 266 g/mol. The molecule has 3 nitrogen and oxygen atoms in total. The van der Waals surface area contributed by atoms with Crippen LogP contribution in [-0.2, 0) is 4.79 Å². The Bertz CT molecular complexity index is 336. The molecule has 1 heterocycles. The summed E-state index contributed by atoms with van der Waals surface area (Å²) >= 11 is 1.84. The monoisotopic (exact) mass is 266 g/mol. The average Bonchev–Trinajstić information content (AvgIpc) is 2.93. The van der Waals surface area contributed by atoms with Crippen LogP contribution >= 0.6 is 11.8 Å². The van der Waals surface area contributed by atoms with Crippen LogP contribution in [0.25, 0.3) is 0 Å². The molecule has 0 aromatic carbocycles. The lowest BCUT2D eigenvalue weighted by Gasteiger charge is -2.35. The summed E-state index contributed by atoms with van der Waals surface area (Å²) in [6, 6.07) is 2.38. The summed E-state index contributed by atoms with van der Waals surface area (Å²) < 4.78 is 0. The number of rotatable bonds is 3. The molecule has 0 bridgehead atoms. The molecule has 0 aromatic heterocycles. The number of nitriles is 1. The van der Waals surface area contributed by atoms with E-state index in [1.54, 1.807) is 0 Å². The Morgan fingerprint density at radius 1 is 1.44 bits per heavy atom. The molecular formula is C14H22N2OS. The minimum Gasteiger partial charge on any atom is -0.338 e. The quantitative estimate of drug-likeness (QED) is 0.854. The van der Waals surface area contributed by atoms with E-state index in [1.807, 2.05) is 11.8 Å². The maximum absolute atomic E-state index is 12.2. The Morgan fingerprint density at radius 2 is 2.17 bits per heavy atom. The second-order valence-electron chi connectivity index (χ2n) is 5.60. The predicted molar refractivity (Wildman–Crippen MR) is 74.2 cm³/mol. The van der Waals surface area contributed by atoms with Gasteiger partial charge in [-0.3, -0.25) is 4.79 Å². The van der Waals surface area contributed by atoms with Crippen LogP contribution in [0, 0.1) is 23.2 Å². The molecule has 100 valence electrons. The van der Waals surface area contributed by atoms with Crippen molar-refractivity contribution in [2.45, 2.75) is 51.0 Å². The summed E-state index contributed by atoms with van der Waals surface area (Å²) in [7, 11) is 0. The fraction of sp³-hybridized carbons (Fsp3) is 0.857. The van der Waals surface area contributed by atoms with Gasteiger partial charge in [-0.25, -0.2) is 0 Å². The molecule has 1 amide bonds. The molecule has 1 atom stereocenters. The van der Waals surface area contributed by atoms with E-state index in [2.05, 4.69) is 18.3 Å². The SMILES string of the molecule is CCC1CCC(C#N)(NC(=O)C2CCSC2)CC1. The van der Waals surface area contributed by atoms with E-state index in [-0.39, 0.29) is 11.8 Å². The number of hydrogen-bond acceptors (Lipinski definition) is 3. The van der Waals surface area contributed by atoms with Gasteiger partial charge in [-0.15, -0.1) is 0 Å². The number of thioether (sulfide) groups is 1. The molecule has 1 aliphatic carbocycles. The van der Waals surface area contributed by atoms with Gasteiger partial charge in [0, 0.05) is 11.7 Å². The Balaban J connectivity index is 1.92. The molecule has 2 fully saturated rings. The zero-order chi connectivity index (χ0) is 13.0. The fourth-order valence-corrected chi connectivity index (χ4v) is 4.14. The number of nitrogens with one attached hydrogen (secondary N) is 1. The molecule has 0 aromatic rings. The molecule has 1 N–H and O–H groups in total. The first-order valence-corrected chi connectivity index (χ1v) is 8.15. The van der Waals surface area contributed by atoms with E-state index in [9.17, 15) is 10.1 Å². The summed E-state index contributed by atoms with van der Waals surface area (Å²) in [6.07, 6.45) is 5.96. The standard InChI is InChI=1S/C14H22N2OS/c1-2-11-3-6-14(10-15,7-4-11)16-13(17)12-5-8-18-9-12/h11-12H,2-9H2,1H3,(H,16,17). The third-order valence-corrected chi connectivity index (χ3v) is 5.58. The van der Waals surface area contributed by atoms with Crippen LogP contribution in [0.15, 0.2) is 0 Å². The van der Waals surface area contributed by atoms with Gasteiger partial charge in [0.15, 0.2) is 0 Å². The highest BCUT2D eigenvalue weighted by Gasteiger charge is 2.38. The lowest BCUT2D eigenvalue weighted by molar-refractivity contribution is -0.126. The van der Waals surface area contributed by atoms with Crippen molar-refractivity contribution in [1.82, 2.24) is 5.32 Å². The topological polar surface area (TPSA) is 52.9 Å². The second-order valence-corrected chi connectivity index (χ2v) is 6.75. The zero-order valence-corrected chi connectivity index (χ0v) is 11.9. The summed E-state index contributed by atoms with van der Waals surface area (Å²) in [5, 5.41) is 12.5. The fourth-order valence-electron chi connectivity index (χ4n) is 2.92. The smallest absolute Gasteiger partial charge is 0.225 e. The summed E-state index contributed by atoms with van der Waals surface area (Å²) in [4.78, 5) is 12.2. The van der Waals surface area contributed by atoms with Crippen molar-refractivity contribution >= 4 is 17.7 Å². The van der Waals surface area contributed by atoms with Crippen molar-refractivity contribution < 1.29 is 4.79 Å². The minimum atomic E-state index is -0.573. The Morgan fingerprint density at radius 3 is 2.67 bits per heavy atom. The van der Waals surface area contributed by atoms with Crippen molar-refractivity contribution in [3.8, 4) is 6.07 Å². The molecule has 1 saturated carbocycles. The van der Waals surface area contributed by atoms with E-state index >= 15 is 0 Å². The number of amides is 1. The number of carbonyl (C=O) groups excluding carboxylic acids is 1. The van der Waals surface area contributed by atoms with E-state index < -0.39 is 5.54 Å². The lowest BCUT2D eigenvalue weighted by Crippen LogP contribution is -2.51. The van der Waals surface area contributed by atoms with Crippen LogP contribution < -0.4 is 5.32 Å². The normalized spacial score (nSPS) is 36.0. The van der Waals surface area contributed by atoms with Crippen LogP contribution in [0.1, 0.15) is 45.4 Å². The molecule has 1 aliphatic heterocycles. The molecule has 1 saturated heterocycles. The summed E-state index contributed by atoms with van der Waals surface area (Å²) in [6.45, 7) is 2.21. The predicted octanol–water partition coefficient (Wildman–Crippen LogP) is 2.72. The maximum Gasteiger partial charge on any atom is 0.225 e. The van der Waals surface area contributed by atoms with Crippen LogP contribution in [-0.4, -0.2) is 23.0 Å². The van der Waals surface area contributed by atoms with Crippen LogP contribution in [0.3, 0.4) is 0 Å². The number of hydrogen-bond donors (Lipinski definition) is 1. The summed E-state index contributed by atoms with van der Waals surface area (Å²) in [5.41, 5.74) is -0.573. The highest BCUT2D eigenvalue weighted by atomic mass is 32.2. The van der Waals surface area contributed by atoms with Gasteiger partial charge >= 0.3 is 0 Å². The molecule has 2 aliphatic rings. The first kappa shape index (κ1) is 13.7. The zero-order valence-electron chi connectivity index (χ0n) is 11.1. The molecule has 0 radical (unpaired) electrons. The minimum absolute atomic E-state index is 0.108. The number of nitrogens with zero attached hydrogens (tertiary/aromatic N) is 1. The Kier molecular flexibility index (Phi) is 4.55. The third-order valence-electron chi connectivity index (χ3n) is 4.41. The first-order chi connectivity index (χ1) is 8.69. The lowest BCUT2D eigenvalue weighted by atomic mass is 9.76. The molecule has 4 heteroatoms. The van der Waals surface area contributed by atoms with Crippen molar-refractivity contribution in [2.75, 3.05) is 11.5 Å². The third kappa shape index (κ3) is 3.00. The van der Waals surface area contributed by atoms with Gasteiger partial charge in [0.05, 0.1) is 6.07 Å². The summed E-state index contributed by atoms with van der Waals surface area (Å²) in [5.74, 6) is 2.98. The second kappa shape index (κ2) is 5.97. The van der Waals surface area contributed by atoms with Crippen LogP contribution in [0.5, 0.6) is 0 Å². The molecule has 1 unspecified atom stereocenters. The van der Waals surface area contributed by atoms with Gasteiger partial charge in [-0.1, -0.05) is 13.3 Å². The van der Waals surface area contributed by atoms with Gasteiger partial charge in [0.1, 0.15) is 5.54 Å². The van der Waals surface area contributed by atoms with E-state index in [1.165, 1.54) is 6.42 Å². The van der Waals surface area contributed by atoms with Crippen LogP contribution in [0.2, 0.25) is 0 Å². The van der Waals surface area contributed by atoms with Gasteiger partial charge in [-0.05, 0) is 43.8 Å².